The molecule has 0 aromatic heterocycles. The van der Waals surface area contributed by atoms with E-state index < -0.39 is 5.97 Å². The summed E-state index contributed by atoms with van der Waals surface area (Å²) in [6.45, 7) is 6.11. The lowest BCUT2D eigenvalue weighted by molar-refractivity contribution is -0.144. The van der Waals surface area contributed by atoms with Gasteiger partial charge in [-0.25, -0.2) is 4.79 Å². The zero-order valence-electron chi connectivity index (χ0n) is 12.0. The van der Waals surface area contributed by atoms with Crippen LogP contribution in [0.4, 0.5) is 0 Å². The van der Waals surface area contributed by atoms with Crippen molar-refractivity contribution in [2.24, 2.45) is 0 Å². The predicted molar refractivity (Wildman–Crippen MR) is 75.9 cm³/mol. The first kappa shape index (κ1) is 15.3. The Labute approximate surface area is 123 Å². The molecular formula is C16H18O5. The molecule has 1 atom stereocenters. The number of hydrogen-bond acceptors (Lipinski definition) is 5. The fourth-order valence-electron chi connectivity index (χ4n) is 1.63. The number of carbonyl (C=O) groups excluding carboxylic acids is 2. The second-order valence-electron chi connectivity index (χ2n) is 4.96. The second-order valence-corrected chi connectivity index (χ2v) is 4.96. The van der Waals surface area contributed by atoms with E-state index in [9.17, 15) is 9.59 Å². The van der Waals surface area contributed by atoms with Crippen molar-refractivity contribution in [2.45, 2.75) is 25.9 Å². The third-order valence-electron chi connectivity index (χ3n) is 2.91. The number of ether oxygens (including phenoxy) is 3. The van der Waals surface area contributed by atoms with Crippen LogP contribution in [0, 0.1) is 0 Å². The van der Waals surface area contributed by atoms with Gasteiger partial charge in [-0.05, 0) is 31.0 Å². The van der Waals surface area contributed by atoms with E-state index in [1.54, 1.807) is 25.1 Å². The van der Waals surface area contributed by atoms with E-state index in [2.05, 4.69) is 6.58 Å². The molecule has 1 aromatic rings. The summed E-state index contributed by atoms with van der Waals surface area (Å²) in [6, 6.07) is 7.07. The fraction of sp³-hybridized carbons (Fsp3) is 0.375. The van der Waals surface area contributed by atoms with Crippen molar-refractivity contribution in [1.82, 2.24) is 0 Å². The van der Waals surface area contributed by atoms with Gasteiger partial charge in [-0.3, -0.25) is 4.79 Å². The van der Waals surface area contributed by atoms with Crippen LogP contribution in [-0.4, -0.2) is 31.3 Å². The summed E-state index contributed by atoms with van der Waals surface area (Å²) in [5.74, 6) is -0.272. The highest BCUT2D eigenvalue weighted by Gasteiger charge is 2.24. The highest BCUT2D eigenvalue weighted by molar-refractivity contribution is 5.88. The number of rotatable bonds is 7. The molecule has 0 bridgehead atoms. The quantitative estimate of drug-likeness (QED) is 0.333. The Kier molecular flexibility index (Phi) is 5.11. The van der Waals surface area contributed by atoms with Crippen molar-refractivity contribution in [3.05, 3.63) is 42.0 Å². The van der Waals surface area contributed by atoms with Crippen molar-refractivity contribution >= 4 is 11.9 Å². The summed E-state index contributed by atoms with van der Waals surface area (Å²) in [4.78, 5) is 23.0. The van der Waals surface area contributed by atoms with Gasteiger partial charge in [0.15, 0.2) is 0 Å². The molecule has 1 heterocycles. The van der Waals surface area contributed by atoms with Crippen molar-refractivity contribution in [1.29, 1.82) is 0 Å². The molecule has 1 aliphatic heterocycles. The molecule has 5 nitrogen and oxygen atoms in total. The Morgan fingerprint density at radius 2 is 2.19 bits per heavy atom. The Balaban J connectivity index is 1.80. The third-order valence-corrected chi connectivity index (χ3v) is 2.91. The predicted octanol–water partition coefficient (Wildman–Crippen LogP) is 2.04. The van der Waals surface area contributed by atoms with Gasteiger partial charge in [0.05, 0.1) is 6.61 Å². The van der Waals surface area contributed by atoms with Crippen LogP contribution in [0.5, 0.6) is 5.75 Å². The topological polar surface area (TPSA) is 65.1 Å². The van der Waals surface area contributed by atoms with Crippen molar-refractivity contribution in [2.75, 3.05) is 13.2 Å². The SMILES string of the molecule is C=C(C)C(=O)Oc1cccc(CCC(=O)OCC2CO2)c1. The molecule has 0 N–H and O–H groups in total. The van der Waals surface area contributed by atoms with E-state index in [0.29, 0.717) is 31.0 Å². The molecule has 0 aliphatic carbocycles. The molecule has 112 valence electrons. The van der Waals surface area contributed by atoms with Gasteiger partial charge in [-0.15, -0.1) is 0 Å². The summed E-state index contributed by atoms with van der Waals surface area (Å²) >= 11 is 0. The van der Waals surface area contributed by atoms with Crippen LogP contribution in [0.15, 0.2) is 36.4 Å². The van der Waals surface area contributed by atoms with E-state index in [4.69, 9.17) is 14.2 Å². The number of aryl methyl sites for hydroxylation is 1. The smallest absolute Gasteiger partial charge is 0.338 e. The van der Waals surface area contributed by atoms with Gasteiger partial charge >= 0.3 is 11.9 Å². The molecule has 5 heteroatoms. The normalized spacial score (nSPS) is 16.1. The van der Waals surface area contributed by atoms with Gasteiger partial charge < -0.3 is 14.2 Å². The summed E-state index contributed by atoms with van der Waals surface area (Å²) in [7, 11) is 0. The number of carbonyl (C=O) groups is 2. The maximum absolute atomic E-state index is 11.5. The van der Waals surface area contributed by atoms with Gasteiger partial charge in [0.2, 0.25) is 0 Å². The molecule has 1 saturated heterocycles. The van der Waals surface area contributed by atoms with Crippen LogP contribution in [-0.2, 0) is 25.5 Å². The second kappa shape index (κ2) is 7.04. The largest absolute Gasteiger partial charge is 0.463 e. The monoisotopic (exact) mass is 290 g/mol. The summed E-state index contributed by atoms with van der Waals surface area (Å²) in [5.41, 5.74) is 1.24. The van der Waals surface area contributed by atoms with Crippen molar-refractivity contribution in [3.63, 3.8) is 0 Å². The molecule has 0 spiro atoms. The van der Waals surface area contributed by atoms with Crippen molar-refractivity contribution < 1.29 is 23.8 Å². The van der Waals surface area contributed by atoms with Crippen LogP contribution in [0.3, 0.4) is 0 Å². The summed E-state index contributed by atoms with van der Waals surface area (Å²) in [5, 5.41) is 0. The molecule has 1 aromatic carbocycles. The van der Waals surface area contributed by atoms with E-state index in [0.717, 1.165) is 5.56 Å². The number of hydrogen-bond donors (Lipinski definition) is 0. The molecular weight excluding hydrogens is 272 g/mol. The Bertz CT molecular complexity index is 545. The standard InChI is InChI=1S/C16H18O5/c1-11(2)16(18)21-13-5-3-4-12(8-13)6-7-15(17)20-10-14-9-19-14/h3-5,8,14H,1,6-7,9-10H2,2H3. The fourth-order valence-corrected chi connectivity index (χ4v) is 1.63. The highest BCUT2D eigenvalue weighted by Crippen LogP contribution is 2.16. The Morgan fingerprint density at radius 3 is 2.86 bits per heavy atom. The number of epoxide rings is 1. The van der Waals surface area contributed by atoms with Crippen LogP contribution in [0.1, 0.15) is 18.9 Å². The van der Waals surface area contributed by atoms with Gasteiger partial charge in [0.1, 0.15) is 18.5 Å². The highest BCUT2D eigenvalue weighted by atomic mass is 16.6. The number of benzene rings is 1. The zero-order chi connectivity index (χ0) is 15.2. The lowest BCUT2D eigenvalue weighted by atomic mass is 10.1. The maximum atomic E-state index is 11.5. The van der Waals surface area contributed by atoms with Crippen LogP contribution >= 0.6 is 0 Å². The van der Waals surface area contributed by atoms with Gasteiger partial charge in [0.25, 0.3) is 0 Å². The average Bonchev–Trinajstić information content (AvgIpc) is 3.27. The minimum Gasteiger partial charge on any atom is -0.463 e. The van der Waals surface area contributed by atoms with Gasteiger partial charge in [-0.2, -0.15) is 0 Å². The van der Waals surface area contributed by atoms with Gasteiger partial charge in [0, 0.05) is 12.0 Å². The molecule has 0 radical (unpaired) electrons. The summed E-state index contributed by atoms with van der Waals surface area (Å²) < 4.78 is 15.2. The Hall–Kier alpha value is -2.14. The van der Waals surface area contributed by atoms with E-state index in [1.807, 2.05) is 6.07 Å². The van der Waals surface area contributed by atoms with Crippen molar-refractivity contribution in [3.8, 4) is 5.75 Å². The lowest BCUT2D eigenvalue weighted by Crippen LogP contribution is -2.10. The Morgan fingerprint density at radius 1 is 1.43 bits per heavy atom. The lowest BCUT2D eigenvalue weighted by Gasteiger charge is -2.06. The van der Waals surface area contributed by atoms with Crippen LogP contribution in [0.2, 0.25) is 0 Å². The minimum atomic E-state index is -0.462. The number of esters is 2. The van der Waals surface area contributed by atoms with E-state index in [-0.39, 0.29) is 18.5 Å². The van der Waals surface area contributed by atoms with E-state index >= 15 is 0 Å². The molecule has 1 aliphatic rings. The van der Waals surface area contributed by atoms with Crippen LogP contribution < -0.4 is 4.74 Å². The molecule has 2 rings (SSSR count). The first-order valence-corrected chi connectivity index (χ1v) is 6.78. The van der Waals surface area contributed by atoms with Gasteiger partial charge in [-0.1, -0.05) is 18.7 Å². The third kappa shape index (κ3) is 5.39. The molecule has 0 saturated carbocycles. The zero-order valence-corrected chi connectivity index (χ0v) is 12.0. The first-order valence-electron chi connectivity index (χ1n) is 6.78. The molecule has 0 amide bonds. The summed E-state index contributed by atoms with van der Waals surface area (Å²) in [6.07, 6.45) is 0.895. The first-order chi connectivity index (χ1) is 10.0. The average molecular weight is 290 g/mol. The molecule has 1 fully saturated rings. The minimum absolute atomic E-state index is 0.0823. The maximum Gasteiger partial charge on any atom is 0.338 e. The van der Waals surface area contributed by atoms with E-state index in [1.165, 1.54) is 0 Å². The van der Waals surface area contributed by atoms with Crippen LogP contribution in [0.25, 0.3) is 0 Å². The molecule has 21 heavy (non-hydrogen) atoms. The molecule has 1 unspecified atom stereocenters.